The molecule has 0 heterocycles. The van der Waals surface area contributed by atoms with Gasteiger partial charge in [-0.1, -0.05) is 30.3 Å². The maximum Gasteiger partial charge on any atom is 0.257 e. The summed E-state index contributed by atoms with van der Waals surface area (Å²) in [6.07, 6.45) is 0. The number of carbonyl (C=O) groups excluding carboxylic acids is 1. The van der Waals surface area contributed by atoms with Crippen LogP contribution in [0.4, 0.5) is 0 Å². The first-order chi connectivity index (χ1) is 11.7. The zero-order chi connectivity index (χ0) is 17.2. The Morgan fingerprint density at radius 1 is 1.00 bits per heavy atom. The molecule has 136 valence electrons. The first-order valence-corrected chi connectivity index (χ1v) is 8.02. The van der Waals surface area contributed by atoms with Gasteiger partial charge >= 0.3 is 0 Å². The third-order valence-electron chi connectivity index (χ3n) is 3.51. The lowest BCUT2D eigenvalue weighted by Crippen LogP contribution is -2.33. The fraction of sp³-hybridized carbons (Fsp3) is 0.316. The Balaban J connectivity index is 0.00000312. The Labute approximate surface area is 155 Å². The van der Waals surface area contributed by atoms with Crippen molar-refractivity contribution in [1.29, 1.82) is 0 Å². The SMILES string of the molecule is CNCCN(C)C(=O)c1ccccc1OCCOc1ccccc1.Cl. The number of carbonyl (C=O) groups is 1. The molecule has 0 radical (unpaired) electrons. The van der Waals surface area contributed by atoms with E-state index in [-0.39, 0.29) is 18.3 Å². The van der Waals surface area contributed by atoms with Crippen LogP contribution in [0.25, 0.3) is 0 Å². The molecule has 1 N–H and O–H groups in total. The number of nitrogens with zero attached hydrogens (tertiary/aromatic N) is 1. The summed E-state index contributed by atoms with van der Waals surface area (Å²) in [4.78, 5) is 14.2. The van der Waals surface area contributed by atoms with E-state index < -0.39 is 0 Å². The van der Waals surface area contributed by atoms with Crippen molar-refractivity contribution in [3.63, 3.8) is 0 Å². The minimum atomic E-state index is -0.0511. The van der Waals surface area contributed by atoms with Crippen LogP contribution in [0, 0.1) is 0 Å². The summed E-state index contributed by atoms with van der Waals surface area (Å²) >= 11 is 0. The molecule has 0 aromatic heterocycles. The predicted molar refractivity (Wildman–Crippen MR) is 102 cm³/mol. The molecule has 2 aromatic rings. The van der Waals surface area contributed by atoms with Gasteiger partial charge in [-0.05, 0) is 31.3 Å². The van der Waals surface area contributed by atoms with E-state index in [1.165, 1.54) is 0 Å². The number of benzene rings is 2. The van der Waals surface area contributed by atoms with Crippen LogP contribution in [0.1, 0.15) is 10.4 Å². The summed E-state index contributed by atoms with van der Waals surface area (Å²) in [5.41, 5.74) is 0.566. The summed E-state index contributed by atoms with van der Waals surface area (Å²) in [6, 6.07) is 16.9. The predicted octanol–water partition coefficient (Wildman–Crippen LogP) is 2.86. The summed E-state index contributed by atoms with van der Waals surface area (Å²) in [6.45, 7) is 2.18. The topological polar surface area (TPSA) is 50.8 Å². The minimum Gasteiger partial charge on any atom is -0.490 e. The van der Waals surface area contributed by atoms with E-state index in [9.17, 15) is 4.79 Å². The highest BCUT2D eigenvalue weighted by Gasteiger charge is 2.16. The van der Waals surface area contributed by atoms with Crippen LogP contribution in [0.3, 0.4) is 0 Å². The van der Waals surface area contributed by atoms with E-state index in [0.717, 1.165) is 12.3 Å². The second kappa shape index (κ2) is 11.3. The smallest absolute Gasteiger partial charge is 0.257 e. The molecule has 0 saturated carbocycles. The van der Waals surface area contributed by atoms with Gasteiger partial charge in [0.25, 0.3) is 5.91 Å². The van der Waals surface area contributed by atoms with Gasteiger partial charge in [0.2, 0.25) is 0 Å². The van der Waals surface area contributed by atoms with Gasteiger partial charge in [-0.15, -0.1) is 12.4 Å². The van der Waals surface area contributed by atoms with Crippen molar-refractivity contribution < 1.29 is 14.3 Å². The fourth-order valence-electron chi connectivity index (χ4n) is 2.18. The molecule has 5 nitrogen and oxygen atoms in total. The highest BCUT2D eigenvalue weighted by atomic mass is 35.5. The maximum absolute atomic E-state index is 12.5. The maximum atomic E-state index is 12.5. The molecule has 0 fully saturated rings. The monoisotopic (exact) mass is 364 g/mol. The lowest BCUT2D eigenvalue weighted by molar-refractivity contribution is 0.0791. The third-order valence-corrected chi connectivity index (χ3v) is 3.51. The van der Waals surface area contributed by atoms with Gasteiger partial charge in [-0.2, -0.15) is 0 Å². The van der Waals surface area contributed by atoms with Crippen molar-refractivity contribution in [3.8, 4) is 11.5 Å². The molecular formula is C19H25ClN2O3. The number of rotatable bonds is 9. The minimum absolute atomic E-state index is 0. The van der Waals surface area contributed by atoms with Gasteiger partial charge in [0.15, 0.2) is 0 Å². The zero-order valence-corrected chi connectivity index (χ0v) is 15.4. The van der Waals surface area contributed by atoms with E-state index in [2.05, 4.69) is 5.32 Å². The molecule has 0 unspecified atom stereocenters. The molecule has 0 spiro atoms. The Hall–Kier alpha value is -2.24. The molecule has 1 amide bonds. The Morgan fingerprint density at radius 2 is 1.64 bits per heavy atom. The normalized spacial score (nSPS) is 9.84. The molecule has 2 rings (SSSR count). The second-order valence-corrected chi connectivity index (χ2v) is 5.34. The molecule has 0 aliphatic rings. The number of likely N-dealkylation sites (N-methyl/N-ethyl adjacent to an activating group) is 2. The van der Waals surface area contributed by atoms with Crippen molar-refractivity contribution in [2.45, 2.75) is 0 Å². The van der Waals surface area contributed by atoms with Crippen LogP contribution >= 0.6 is 12.4 Å². The highest BCUT2D eigenvalue weighted by Crippen LogP contribution is 2.19. The van der Waals surface area contributed by atoms with Gasteiger partial charge in [-0.3, -0.25) is 4.79 Å². The fourth-order valence-corrected chi connectivity index (χ4v) is 2.18. The van der Waals surface area contributed by atoms with E-state index in [0.29, 0.717) is 31.1 Å². The number of halogens is 1. The van der Waals surface area contributed by atoms with Gasteiger partial charge in [0.05, 0.1) is 5.56 Å². The van der Waals surface area contributed by atoms with Crippen LogP contribution in [0.5, 0.6) is 11.5 Å². The van der Waals surface area contributed by atoms with Crippen LogP contribution in [0.2, 0.25) is 0 Å². The van der Waals surface area contributed by atoms with Crippen molar-refractivity contribution in [2.24, 2.45) is 0 Å². The Morgan fingerprint density at radius 3 is 2.36 bits per heavy atom. The van der Waals surface area contributed by atoms with E-state index in [4.69, 9.17) is 9.47 Å². The Kier molecular flexibility index (Phi) is 9.43. The lowest BCUT2D eigenvalue weighted by atomic mass is 10.2. The van der Waals surface area contributed by atoms with Crippen molar-refractivity contribution in [1.82, 2.24) is 10.2 Å². The number of nitrogens with one attached hydrogen (secondary N) is 1. The van der Waals surface area contributed by atoms with Crippen molar-refractivity contribution in [2.75, 3.05) is 40.4 Å². The van der Waals surface area contributed by atoms with E-state index >= 15 is 0 Å². The van der Waals surface area contributed by atoms with Crippen LogP contribution in [-0.4, -0.2) is 51.2 Å². The van der Waals surface area contributed by atoms with Crippen LogP contribution < -0.4 is 14.8 Å². The number of para-hydroxylation sites is 2. The number of amides is 1. The van der Waals surface area contributed by atoms with Gasteiger partial charge in [0, 0.05) is 20.1 Å². The molecule has 0 saturated heterocycles. The van der Waals surface area contributed by atoms with Crippen LogP contribution in [0.15, 0.2) is 54.6 Å². The lowest BCUT2D eigenvalue weighted by Gasteiger charge is -2.19. The number of hydrogen-bond donors (Lipinski definition) is 1. The number of ether oxygens (including phenoxy) is 2. The zero-order valence-electron chi connectivity index (χ0n) is 14.6. The highest BCUT2D eigenvalue weighted by molar-refractivity contribution is 5.96. The quantitative estimate of drug-likeness (QED) is 0.695. The molecular weight excluding hydrogens is 340 g/mol. The van der Waals surface area contributed by atoms with E-state index in [1.54, 1.807) is 18.0 Å². The number of hydrogen-bond acceptors (Lipinski definition) is 4. The van der Waals surface area contributed by atoms with Crippen molar-refractivity contribution >= 4 is 18.3 Å². The average molecular weight is 365 g/mol. The summed E-state index contributed by atoms with van der Waals surface area (Å²) < 4.78 is 11.3. The standard InChI is InChI=1S/C19H24N2O3.ClH/c1-20-12-13-21(2)19(22)17-10-6-7-11-18(17)24-15-14-23-16-8-4-3-5-9-16;/h3-11,20H,12-15H2,1-2H3;1H. The largest absolute Gasteiger partial charge is 0.490 e. The first-order valence-electron chi connectivity index (χ1n) is 8.02. The van der Waals surface area contributed by atoms with E-state index in [1.807, 2.05) is 55.6 Å². The average Bonchev–Trinajstić information content (AvgIpc) is 2.64. The summed E-state index contributed by atoms with van der Waals surface area (Å²) in [5.74, 6) is 1.33. The van der Waals surface area contributed by atoms with Crippen molar-refractivity contribution in [3.05, 3.63) is 60.2 Å². The second-order valence-electron chi connectivity index (χ2n) is 5.34. The summed E-state index contributed by atoms with van der Waals surface area (Å²) in [5, 5.41) is 3.04. The molecule has 0 atom stereocenters. The molecule has 0 aliphatic heterocycles. The molecule has 0 bridgehead atoms. The molecule has 6 heteroatoms. The Bertz CT molecular complexity index is 638. The van der Waals surface area contributed by atoms with Crippen LogP contribution in [-0.2, 0) is 0 Å². The van der Waals surface area contributed by atoms with Gasteiger partial charge in [-0.25, -0.2) is 0 Å². The first kappa shape index (κ1) is 20.8. The molecule has 2 aromatic carbocycles. The van der Waals surface area contributed by atoms with Gasteiger partial charge in [0.1, 0.15) is 24.7 Å². The van der Waals surface area contributed by atoms with Gasteiger partial charge < -0.3 is 19.7 Å². The molecule has 25 heavy (non-hydrogen) atoms. The third kappa shape index (κ3) is 6.64. The summed E-state index contributed by atoms with van der Waals surface area (Å²) in [7, 11) is 3.65. The molecule has 0 aliphatic carbocycles.